The Balaban J connectivity index is 2.44. The second-order valence-corrected chi connectivity index (χ2v) is 3.86. The summed E-state index contributed by atoms with van der Waals surface area (Å²) >= 11 is 0. The van der Waals surface area contributed by atoms with Crippen molar-refractivity contribution in [3.63, 3.8) is 0 Å². The van der Waals surface area contributed by atoms with Crippen molar-refractivity contribution in [1.29, 1.82) is 0 Å². The van der Waals surface area contributed by atoms with Gasteiger partial charge in [0.25, 0.3) is 5.91 Å². The molecule has 0 aliphatic rings. The fraction of sp³-hybridized carbons (Fsp3) is 0. The number of anilines is 1. The molecule has 0 unspecified atom stereocenters. The Labute approximate surface area is 104 Å². The molecular weight excluding hydrogens is 228 g/mol. The molecule has 2 aromatic rings. The number of hydrogen-bond donors (Lipinski definition) is 2. The molecule has 0 aliphatic heterocycles. The highest BCUT2D eigenvalue weighted by Crippen LogP contribution is 2.16. The lowest BCUT2D eigenvalue weighted by Crippen LogP contribution is -2.14. The maximum absolute atomic E-state index is 12.1. The summed E-state index contributed by atoms with van der Waals surface area (Å²) < 4.78 is 0. The van der Waals surface area contributed by atoms with Crippen LogP contribution >= 0.6 is 0 Å². The van der Waals surface area contributed by atoms with Gasteiger partial charge in [-0.25, -0.2) is 0 Å². The maximum Gasteiger partial charge on any atom is 0.250 e. The maximum atomic E-state index is 12.1. The molecule has 2 rings (SSSR count). The van der Waals surface area contributed by atoms with Gasteiger partial charge < -0.3 is 11.5 Å². The molecule has 0 saturated carbocycles. The molecule has 4 N–H and O–H groups in total. The quantitative estimate of drug-likeness (QED) is 0.631. The van der Waals surface area contributed by atoms with Gasteiger partial charge >= 0.3 is 0 Å². The summed E-state index contributed by atoms with van der Waals surface area (Å²) in [6.07, 6.45) is 0. The van der Waals surface area contributed by atoms with Gasteiger partial charge in [-0.05, 0) is 18.2 Å². The van der Waals surface area contributed by atoms with E-state index >= 15 is 0 Å². The Bertz CT molecular complexity index is 606. The van der Waals surface area contributed by atoms with Gasteiger partial charge in [0.1, 0.15) is 0 Å². The third-order valence-electron chi connectivity index (χ3n) is 2.62. The summed E-state index contributed by atoms with van der Waals surface area (Å²) in [5.41, 5.74) is 12.2. The molecule has 2 aromatic carbocycles. The van der Waals surface area contributed by atoms with Crippen LogP contribution in [0.1, 0.15) is 26.3 Å². The Kier molecular flexibility index (Phi) is 3.10. The van der Waals surface area contributed by atoms with Crippen molar-refractivity contribution >= 4 is 17.4 Å². The van der Waals surface area contributed by atoms with E-state index in [9.17, 15) is 9.59 Å². The van der Waals surface area contributed by atoms with Crippen molar-refractivity contribution < 1.29 is 9.59 Å². The second kappa shape index (κ2) is 4.71. The van der Waals surface area contributed by atoms with E-state index in [2.05, 4.69) is 0 Å². The van der Waals surface area contributed by atoms with E-state index in [1.807, 2.05) is 6.07 Å². The summed E-state index contributed by atoms with van der Waals surface area (Å²) in [5, 5.41) is 0. The van der Waals surface area contributed by atoms with Crippen molar-refractivity contribution in [3.8, 4) is 0 Å². The number of rotatable bonds is 3. The van der Waals surface area contributed by atoms with E-state index in [0.29, 0.717) is 11.1 Å². The fourth-order valence-corrected chi connectivity index (χ4v) is 1.67. The Hall–Kier alpha value is -2.62. The predicted octanol–water partition coefficient (Wildman–Crippen LogP) is 1.60. The lowest BCUT2D eigenvalue weighted by Gasteiger charge is -2.05. The van der Waals surface area contributed by atoms with Crippen LogP contribution in [0.25, 0.3) is 0 Å². The topological polar surface area (TPSA) is 86.2 Å². The standard InChI is InChI=1S/C14H12N2O2/c15-12-7-6-10(8-11(12)14(16)18)13(17)9-4-2-1-3-5-9/h1-8H,15H2,(H2,16,18). The molecule has 0 saturated heterocycles. The molecular formula is C14H12N2O2. The number of carbonyl (C=O) groups is 2. The van der Waals surface area contributed by atoms with E-state index < -0.39 is 5.91 Å². The zero-order valence-corrected chi connectivity index (χ0v) is 9.59. The van der Waals surface area contributed by atoms with E-state index in [0.717, 1.165) is 0 Å². The number of ketones is 1. The average Bonchev–Trinajstić information content (AvgIpc) is 2.39. The SMILES string of the molecule is NC(=O)c1cc(C(=O)c2ccccc2)ccc1N. The number of carbonyl (C=O) groups excluding carboxylic acids is 2. The second-order valence-electron chi connectivity index (χ2n) is 3.86. The molecule has 0 spiro atoms. The zero-order valence-electron chi connectivity index (χ0n) is 9.59. The minimum absolute atomic E-state index is 0.164. The van der Waals surface area contributed by atoms with Gasteiger partial charge in [-0.2, -0.15) is 0 Å². The van der Waals surface area contributed by atoms with E-state index in [1.165, 1.54) is 12.1 Å². The zero-order chi connectivity index (χ0) is 13.1. The van der Waals surface area contributed by atoms with Gasteiger partial charge in [0, 0.05) is 16.8 Å². The van der Waals surface area contributed by atoms with Gasteiger partial charge in [-0.15, -0.1) is 0 Å². The van der Waals surface area contributed by atoms with Gasteiger partial charge in [-0.3, -0.25) is 9.59 Å². The first-order valence-corrected chi connectivity index (χ1v) is 5.38. The van der Waals surface area contributed by atoms with E-state index in [-0.39, 0.29) is 17.0 Å². The fourth-order valence-electron chi connectivity index (χ4n) is 1.67. The average molecular weight is 240 g/mol. The third-order valence-corrected chi connectivity index (χ3v) is 2.62. The minimum atomic E-state index is -0.643. The first kappa shape index (κ1) is 11.9. The largest absolute Gasteiger partial charge is 0.398 e. The van der Waals surface area contributed by atoms with Crippen LogP contribution in [0, 0.1) is 0 Å². The van der Waals surface area contributed by atoms with Crippen molar-refractivity contribution in [2.45, 2.75) is 0 Å². The van der Waals surface area contributed by atoms with Crippen LogP contribution in [0.2, 0.25) is 0 Å². The highest BCUT2D eigenvalue weighted by molar-refractivity contribution is 6.11. The van der Waals surface area contributed by atoms with Gasteiger partial charge in [0.15, 0.2) is 5.78 Å². The molecule has 0 atom stereocenters. The first-order chi connectivity index (χ1) is 8.59. The van der Waals surface area contributed by atoms with Gasteiger partial charge in [-0.1, -0.05) is 30.3 Å². The molecule has 90 valence electrons. The van der Waals surface area contributed by atoms with Gasteiger partial charge in [0.2, 0.25) is 0 Å². The van der Waals surface area contributed by atoms with E-state index in [1.54, 1.807) is 30.3 Å². The number of benzene rings is 2. The normalized spacial score (nSPS) is 10.0. The summed E-state index contributed by atoms with van der Waals surface area (Å²) in [6, 6.07) is 13.3. The van der Waals surface area contributed by atoms with Crippen molar-refractivity contribution in [3.05, 3.63) is 65.2 Å². The predicted molar refractivity (Wildman–Crippen MR) is 69.2 cm³/mol. The van der Waals surface area contributed by atoms with Crippen molar-refractivity contribution in [2.75, 3.05) is 5.73 Å². The van der Waals surface area contributed by atoms with Crippen LogP contribution in [0.5, 0.6) is 0 Å². The molecule has 0 heterocycles. The first-order valence-electron chi connectivity index (χ1n) is 5.38. The Morgan fingerprint density at radius 2 is 1.56 bits per heavy atom. The lowest BCUT2D eigenvalue weighted by atomic mass is 10.0. The molecule has 0 radical (unpaired) electrons. The minimum Gasteiger partial charge on any atom is -0.398 e. The summed E-state index contributed by atoms with van der Waals surface area (Å²) in [6.45, 7) is 0. The third kappa shape index (κ3) is 2.22. The smallest absolute Gasteiger partial charge is 0.250 e. The van der Waals surface area contributed by atoms with Crippen LogP contribution in [0.3, 0.4) is 0 Å². The molecule has 18 heavy (non-hydrogen) atoms. The van der Waals surface area contributed by atoms with Crippen LogP contribution < -0.4 is 11.5 Å². The van der Waals surface area contributed by atoms with Crippen molar-refractivity contribution in [2.24, 2.45) is 5.73 Å². The molecule has 0 bridgehead atoms. The van der Waals surface area contributed by atoms with Crippen LogP contribution in [-0.2, 0) is 0 Å². The summed E-state index contributed by atoms with van der Waals surface area (Å²) in [4.78, 5) is 23.3. The molecule has 0 aromatic heterocycles. The van der Waals surface area contributed by atoms with Crippen molar-refractivity contribution in [1.82, 2.24) is 0 Å². The molecule has 0 aliphatic carbocycles. The number of nitrogens with two attached hydrogens (primary N) is 2. The molecule has 1 amide bonds. The summed E-state index contributed by atoms with van der Waals surface area (Å²) in [7, 11) is 0. The molecule has 4 heteroatoms. The van der Waals surface area contributed by atoms with Crippen LogP contribution in [0.4, 0.5) is 5.69 Å². The molecule has 0 fully saturated rings. The lowest BCUT2D eigenvalue weighted by molar-refractivity contribution is 0.100. The number of primary amides is 1. The number of amides is 1. The highest BCUT2D eigenvalue weighted by atomic mass is 16.1. The Morgan fingerprint density at radius 1 is 0.889 bits per heavy atom. The van der Waals surface area contributed by atoms with Crippen LogP contribution in [-0.4, -0.2) is 11.7 Å². The number of hydrogen-bond acceptors (Lipinski definition) is 3. The molecule has 4 nitrogen and oxygen atoms in total. The Morgan fingerprint density at radius 3 is 2.17 bits per heavy atom. The summed E-state index contributed by atoms with van der Waals surface area (Å²) in [5.74, 6) is -0.812. The highest BCUT2D eigenvalue weighted by Gasteiger charge is 2.12. The van der Waals surface area contributed by atoms with E-state index in [4.69, 9.17) is 11.5 Å². The van der Waals surface area contributed by atoms with Crippen LogP contribution in [0.15, 0.2) is 48.5 Å². The van der Waals surface area contributed by atoms with Gasteiger partial charge in [0.05, 0.1) is 5.56 Å². The monoisotopic (exact) mass is 240 g/mol. The number of nitrogen functional groups attached to an aromatic ring is 1.